The Morgan fingerprint density at radius 3 is 2.75 bits per heavy atom. The summed E-state index contributed by atoms with van der Waals surface area (Å²) < 4.78 is 11.0. The van der Waals surface area contributed by atoms with Crippen molar-refractivity contribution in [2.24, 2.45) is 0 Å². The van der Waals surface area contributed by atoms with Crippen molar-refractivity contribution < 1.29 is 4.21 Å². The van der Waals surface area contributed by atoms with Gasteiger partial charge in [-0.05, 0) is 46.2 Å². The first-order chi connectivity index (χ1) is 7.59. The SMILES string of the molecule is CC(C)N1CCCC(NCCS(C)=O)CC1. The summed E-state index contributed by atoms with van der Waals surface area (Å²) in [6.45, 7) is 7.87. The Kier molecular flexibility index (Phi) is 6.54. The number of nitrogens with one attached hydrogen (secondary N) is 1. The average Bonchev–Trinajstić information content (AvgIpc) is 2.42. The topological polar surface area (TPSA) is 32.3 Å². The Bertz CT molecular complexity index is 221. The Morgan fingerprint density at radius 1 is 1.38 bits per heavy atom. The Labute approximate surface area is 102 Å². The molecule has 1 heterocycles. The fraction of sp³-hybridized carbons (Fsp3) is 1.00. The van der Waals surface area contributed by atoms with Crippen LogP contribution in [0.5, 0.6) is 0 Å². The quantitative estimate of drug-likeness (QED) is 0.791. The molecule has 0 bridgehead atoms. The van der Waals surface area contributed by atoms with E-state index in [0.717, 1.165) is 12.3 Å². The smallest absolute Gasteiger partial charge is 0.0357 e. The number of hydrogen-bond donors (Lipinski definition) is 1. The Balaban J connectivity index is 2.22. The van der Waals surface area contributed by atoms with Crippen molar-refractivity contribution in [2.75, 3.05) is 31.6 Å². The maximum atomic E-state index is 11.0. The normalized spacial score (nSPS) is 25.6. The molecule has 1 saturated heterocycles. The van der Waals surface area contributed by atoms with E-state index < -0.39 is 10.8 Å². The third kappa shape index (κ3) is 5.41. The molecule has 3 nitrogen and oxygen atoms in total. The van der Waals surface area contributed by atoms with Gasteiger partial charge in [-0.25, -0.2) is 0 Å². The third-order valence-electron chi connectivity index (χ3n) is 3.32. The summed E-state index contributed by atoms with van der Waals surface area (Å²) in [6, 6.07) is 1.30. The fourth-order valence-corrected chi connectivity index (χ4v) is 2.65. The second-order valence-corrected chi connectivity index (χ2v) is 6.54. The molecule has 0 spiro atoms. The van der Waals surface area contributed by atoms with Gasteiger partial charge >= 0.3 is 0 Å². The maximum absolute atomic E-state index is 11.0. The molecule has 0 aromatic rings. The van der Waals surface area contributed by atoms with Gasteiger partial charge in [-0.3, -0.25) is 4.21 Å². The molecule has 0 aromatic carbocycles. The highest BCUT2D eigenvalue weighted by Crippen LogP contribution is 2.13. The molecule has 16 heavy (non-hydrogen) atoms. The van der Waals surface area contributed by atoms with E-state index in [1.165, 1.54) is 32.4 Å². The molecule has 0 aliphatic carbocycles. The summed E-state index contributed by atoms with van der Waals surface area (Å²) in [5, 5.41) is 3.53. The third-order valence-corrected chi connectivity index (χ3v) is 4.09. The van der Waals surface area contributed by atoms with Gasteiger partial charge in [0.1, 0.15) is 0 Å². The van der Waals surface area contributed by atoms with Gasteiger partial charge in [-0.1, -0.05) is 0 Å². The van der Waals surface area contributed by atoms with Crippen molar-refractivity contribution in [1.29, 1.82) is 0 Å². The average molecular weight is 246 g/mol. The molecule has 1 rings (SSSR count). The van der Waals surface area contributed by atoms with Crippen molar-refractivity contribution >= 4 is 10.8 Å². The van der Waals surface area contributed by atoms with E-state index >= 15 is 0 Å². The second-order valence-electron chi connectivity index (χ2n) is 4.99. The molecule has 1 aliphatic heterocycles. The molecule has 4 heteroatoms. The number of nitrogens with zero attached hydrogens (tertiary/aromatic N) is 1. The lowest BCUT2D eigenvalue weighted by Crippen LogP contribution is -2.35. The van der Waals surface area contributed by atoms with E-state index in [1.807, 2.05) is 0 Å². The molecule has 2 atom stereocenters. The van der Waals surface area contributed by atoms with E-state index in [0.29, 0.717) is 12.1 Å². The van der Waals surface area contributed by atoms with Crippen LogP contribution in [0, 0.1) is 0 Å². The van der Waals surface area contributed by atoms with Crippen LogP contribution in [-0.4, -0.2) is 52.8 Å². The summed E-state index contributed by atoms with van der Waals surface area (Å²) >= 11 is 0. The number of hydrogen-bond acceptors (Lipinski definition) is 3. The number of likely N-dealkylation sites (tertiary alicyclic amines) is 1. The zero-order valence-electron chi connectivity index (χ0n) is 10.9. The first-order valence-electron chi connectivity index (χ1n) is 6.37. The predicted molar refractivity (Wildman–Crippen MR) is 71.3 cm³/mol. The van der Waals surface area contributed by atoms with Crippen LogP contribution >= 0.6 is 0 Å². The zero-order chi connectivity index (χ0) is 12.0. The van der Waals surface area contributed by atoms with Crippen molar-refractivity contribution in [2.45, 2.75) is 45.2 Å². The van der Waals surface area contributed by atoms with Crippen LogP contribution in [0.3, 0.4) is 0 Å². The summed E-state index contributed by atoms with van der Waals surface area (Å²) in [6.07, 6.45) is 5.55. The molecule has 1 fully saturated rings. The van der Waals surface area contributed by atoms with E-state index in [9.17, 15) is 4.21 Å². The lowest BCUT2D eigenvalue weighted by atomic mass is 10.1. The molecule has 1 aliphatic rings. The summed E-state index contributed by atoms with van der Waals surface area (Å²) in [4.78, 5) is 2.56. The van der Waals surface area contributed by atoms with Crippen LogP contribution in [0.25, 0.3) is 0 Å². The van der Waals surface area contributed by atoms with Gasteiger partial charge < -0.3 is 10.2 Å². The molecule has 0 aromatic heterocycles. The van der Waals surface area contributed by atoms with Gasteiger partial charge in [0.25, 0.3) is 0 Å². The molecule has 0 amide bonds. The minimum Gasteiger partial charge on any atom is -0.313 e. The minimum absolute atomic E-state index is 0.632. The van der Waals surface area contributed by atoms with Gasteiger partial charge in [-0.15, -0.1) is 0 Å². The van der Waals surface area contributed by atoms with Gasteiger partial charge in [-0.2, -0.15) is 0 Å². The van der Waals surface area contributed by atoms with Crippen LogP contribution in [-0.2, 0) is 10.8 Å². The van der Waals surface area contributed by atoms with Gasteiger partial charge in [0, 0.05) is 41.4 Å². The summed E-state index contributed by atoms with van der Waals surface area (Å²) in [5.74, 6) is 0.782. The largest absolute Gasteiger partial charge is 0.313 e. The first-order valence-corrected chi connectivity index (χ1v) is 8.09. The van der Waals surface area contributed by atoms with Crippen LogP contribution < -0.4 is 5.32 Å². The highest BCUT2D eigenvalue weighted by Gasteiger charge is 2.17. The Morgan fingerprint density at radius 2 is 2.12 bits per heavy atom. The summed E-state index contributed by atoms with van der Waals surface area (Å²) in [5.41, 5.74) is 0. The van der Waals surface area contributed by atoms with Crippen molar-refractivity contribution in [3.63, 3.8) is 0 Å². The van der Waals surface area contributed by atoms with Crippen LogP contribution in [0.2, 0.25) is 0 Å². The van der Waals surface area contributed by atoms with E-state index in [2.05, 4.69) is 24.1 Å². The molecular weight excluding hydrogens is 220 g/mol. The monoisotopic (exact) mass is 246 g/mol. The summed E-state index contributed by atoms with van der Waals surface area (Å²) in [7, 11) is -0.661. The molecule has 0 saturated carbocycles. The highest BCUT2D eigenvalue weighted by atomic mass is 32.2. The van der Waals surface area contributed by atoms with Crippen molar-refractivity contribution in [3.8, 4) is 0 Å². The zero-order valence-corrected chi connectivity index (χ0v) is 11.7. The highest BCUT2D eigenvalue weighted by molar-refractivity contribution is 7.84. The molecule has 0 radical (unpaired) electrons. The van der Waals surface area contributed by atoms with E-state index in [-0.39, 0.29) is 0 Å². The number of rotatable bonds is 5. The molecule has 1 N–H and O–H groups in total. The van der Waals surface area contributed by atoms with Gasteiger partial charge in [0.15, 0.2) is 0 Å². The van der Waals surface area contributed by atoms with E-state index in [1.54, 1.807) is 6.26 Å². The molecular formula is C12H26N2OS. The maximum Gasteiger partial charge on any atom is 0.0357 e. The predicted octanol–water partition coefficient (Wildman–Crippen LogP) is 1.22. The van der Waals surface area contributed by atoms with Crippen molar-refractivity contribution in [3.05, 3.63) is 0 Å². The van der Waals surface area contributed by atoms with Crippen LogP contribution in [0.4, 0.5) is 0 Å². The minimum atomic E-state index is -0.661. The van der Waals surface area contributed by atoms with E-state index in [4.69, 9.17) is 0 Å². The fourth-order valence-electron chi connectivity index (χ4n) is 2.25. The standard InChI is InChI=1S/C12H26N2OS/c1-11(2)14-8-4-5-12(6-9-14)13-7-10-16(3)15/h11-13H,4-10H2,1-3H3. The molecule has 2 unspecified atom stereocenters. The van der Waals surface area contributed by atoms with Crippen LogP contribution in [0.15, 0.2) is 0 Å². The lowest BCUT2D eigenvalue weighted by Gasteiger charge is -2.24. The van der Waals surface area contributed by atoms with Gasteiger partial charge in [0.05, 0.1) is 0 Å². The first kappa shape index (κ1) is 14.1. The lowest BCUT2D eigenvalue weighted by molar-refractivity contribution is 0.229. The van der Waals surface area contributed by atoms with Crippen molar-refractivity contribution in [1.82, 2.24) is 10.2 Å². The van der Waals surface area contributed by atoms with Crippen LogP contribution in [0.1, 0.15) is 33.1 Å². The Hall–Kier alpha value is 0.0700. The molecule has 96 valence electrons. The second kappa shape index (κ2) is 7.41. The van der Waals surface area contributed by atoms with Gasteiger partial charge in [0.2, 0.25) is 0 Å².